The molecule has 0 bridgehead atoms. The van der Waals surface area contributed by atoms with Crippen LogP contribution in [0, 0.1) is 18.7 Å². The zero-order chi connectivity index (χ0) is 11.4. The molecular weight excluding hydrogens is 189 g/mol. The molecular formula is C13H20FN. The SMILES string of the molecule is CCNC(c1ccc(F)cc1C)C(C)C. The molecule has 15 heavy (non-hydrogen) atoms. The number of hydrogen-bond donors (Lipinski definition) is 1. The first-order valence-electron chi connectivity index (χ1n) is 5.55. The molecule has 0 aliphatic rings. The van der Waals surface area contributed by atoms with Crippen LogP contribution < -0.4 is 5.32 Å². The smallest absolute Gasteiger partial charge is 0.123 e. The van der Waals surface area contributed by atoms with E-state index >= 15 is 0 Å². The third-order valence-corrected chi connectivity index (χ3v) is 2.66. The van der Waals surface area contributed by atoms with Gasteiger partial charge in [-0.25, -0.2) is 4.39 Å². The number of benzene rings is 1. The van der Waals surface area contributed by atoms with Gasteiger partial charge in [0.2, 0.25) is 0 Å². The van der Waals surface area contributed by atoms with E-state index in [4.69, 9.17) is 0 Å². The monoisotopic (exact) mass is 209 g/mol. The average molecular weight is 209 g/mol. The van der Waals surface area contributed by atoms with Crippen molar-refractivity contribution in [2.75, 3.05) is 6.54 Å². The molecule has 2 heteroatoms. The van der Waals surface area contributed by atoms with E-state index in [1.165, 1.54) is 11.6 Å². The maximum Gasteiger partial charge on any atom is 0.123 e. The van der Waals surface area contributed by atoms with Gasteiger partial charge in [-0.1, -0.05) is 26.8 Å². The quantitative estimate of drug-likeness (QED) is 0.801. The second-order valence-electron chi connectivity index (χ2n) is 4.28. The lowest BCUT2D eigenvalue weighted by molar-refractivity contribution is 0.419. The van der Waals surface area contributed by atoms with Crippen LogP contribution in [-0.2, 0) is 0 Å². The van der Waals surface area contributed by atoms with Gasteiger partial charge < -0.3 is 5.32 Å². The van der Waals surface area contributed by atoms with Gasteiger partial charge in [-0.2, -0.15) is 0 Å². The Kier molecular flexibility index (Phi) is 4.28. The second kappa shape index (κ2) is 5.26. The first kappa shape index (κ1) is 12.2. The van der Waals surface area contributed by atoms with E-state index in [1.807, 2.05) is 13.0 Å². The fourth-order valence-corrected chi connectivity index (χ4v) is 1.91. The van der Waals surface area contributed by atoms with Crippen LogP contribution in [0.4, 0.5) is 4.39 Å². The van der Waals surface area contributed by atoms with Crippen LogP contribution in [0.25, 0.3) is 0 Å². The molecule has 0 saturated heterocycles. The summed E-state index contributed by atoms with van der Waals surface area (Å²) in [6.45, 7) is 9.34. The maximum atomic E-state index is 13.0. The predicted molar refractivity (Wildman–Crippen MR) is 62.4 cm³/mol. The second-order valence-corrected chi connectivity index (χ2v) is 4.28. The number of aryl methyl sites for hydroxylation is 1. The molecule has 0 aliphatic carbocycles. The van der Waals surface area contributed by atoms with Crippen molar-refractivity contribution in [3.8, 4) is 0 Å². The minimum atomic E-state index is -0.157. The standard InChI is InChI=1S/C13H20FN/c1-5-15-13(9(2)3)12-7-6-11(14)8-10(12)4/h6-9,13,15H,5H2,1-4H3. The Morgan fingerprint density at radius 2 is 2.00 bits per heavy atom. The Morgan fingerprint density at radius 1 is 1.33 bits per heavy atom. The maximum absolute atomic E-state index is 13.0. The van der Waals surface area contributed by atoms with Gasteiger partial charge in [-0.05, 0) is 42.6 Å². The molecule has 0 saturated carbocycles. The summed E-state index contributed by atoms with van der Waals surface area (Å²) in [7, 11) is 0. The van der Waals surface area contributed by atoms with Gasteiger partial charge in [0.1, 0.15) is 5.82 Å². The highest BCUT2D eigenvalue weighted by molar-refractivity contribution is 5.29. The Morgan fingerprint density at radius 3 is 2.47 bits per heavy atom. The largest absolute Gasteiger partial charge is 0.310 e. The number of halogens is 1. The van der Waals surface area contributed by atoms with Gasteiger partial charge in [-0.15, -0.1) is 0 Å². The molecule has 84 valence electrons. The first-order chi connectivity index (χ1) is 7.06. The molecule has 0 spiro atoms. The van der Waals surface area contributed by atoms with E-state index in [0.717, 1.165) is 12.1 Å². The fourth-order valence-electron chi connectivity index (χ4n) is 1.91. The van der Waals surface area contributed by atoms with E-state index in [9.17, 15) is 4.39 Å². The van der Waals surface area contributed by atoms with Gasteiger partial charge in [0, 0.05) is 6.04 Å². The van der Waals surface area contributed by atoms with Crippen LogP contribution in [0.5, 0.6) is 0 Å². The molecule has 1 N–H and O–H groups in total. The molecule has 0 amide bonds. The Bertz CT molecular complexity index is 320. The predicted octanol–water partition coefficient (Wildman–Crippen LogP) is 3.44. The van der Waals surface area contributed by atoms with Gasteiger partial charge in [0.15, 0.2) is 0 Å². The Labute approximate surface area is 91.7 Å². The molecule has 1 rings (SSSR count). The normalized spacial score (nSPS) is 13.2. The minimum Gasteiger partial charge on any atom is -0.310 e. The number of rotatable bonds is 4. The zero-order valence-electron chi connectivity index (χ0n) is 9.97. The van der Waals surface area contributed by atoms with Crippen LogP contribution in [0.3, 0.4) is 0 Å². The lowest BCUT2D eigenvalue weighted by Crippen LogP contribution is -2.26. The van der Waals surface area contributed by atoms with Crippen LogP contribution >= 0.6 is 0 Å². The molecule has 0 heterocycles. The summed E-state index contributed by atoms with van der Waals surface area (Å²) in [5, 5.41) is 3.44. The molecule has 1 aromatic carbocycles. The lowest BCUT2D eigenvalue weighted by atomic mass is 9.92. The van der Waals surface area contributed by atoms with E-state index in [-0.39, 0.29) is 5.82 Å². The zero-order valence-corrected chi connectivity index (χ0v) is 9.97. The van der Waals surface area contributed by atoms with Crippen LogP contribution in [-0.4, -0.2) is 6.54 Å². The van der Waals surface area contributed by atoms with Crippen molar-refractivity contribution in [3.63, 3.8) is 0 Å². The third kappa shape index (κ3) is 3.03. The van der Waals surface area contributed by atoms with Crippen molar-refractivity contribution in [2.24, 2.45) is 5.92 Å². The molecule has 0 aliphatic heterocycles. The van der Waals surface area contributed by atoms with Crippen molar-refractivity contribution < 1.29 is 4.39 Å². The number of hydrogen-bond acceptors (Lipinski definition) is 1. The first-order valence-corrected chi connectivity index (χ1v) is 5.55. The van der Waals surface area contributed by atoms with Gasteiger partial charge in [0.05, 0.1) is 0 Å². The highest BCUT2D eigenvalue weighted by Gasteiger charge is 2.16. The van der Waals surface area contributed by atoms with Gasteiger partial charge in [-0.3, -0.25) is 0 Å². The summed E-state index contributed by atoms with van der Waals surface area (Å²) >= 11 is 0. The summed E-state index contributed by atoms with van der Waals surface area (Å²) < 4.78 is 13.0. The summed E-state index contributed by atoms with van der Waals surface area (Å²) in [6.07, 6.45) is 0. The molecule has 0 aromatic heterocycles. The summed E-state index contributed by atoms with van der Waals surface area (Å²) in [5.74, 6) is 0.351. The van der Waals surface area contributed by atoms with Crippen LogP contribution in [0.15, 0.2) is 18.2 Å². The van der Waals surface area contributed by atoms with Crippen LogP contribution in [0.1, 0.15) is 37.9 Å². The van der Waals surface area contributed by atoms with Crippen molar-refractivity contribution in [3.05, 3.63) is 35.1 Å². The molecule has 1 unspecified atom stereocenters. The van der Waals surface area contributed by atoms with Crippen molar-refractivity contribution in [1.82, 2.24) is 5.32 Å². The minimum absolute atomic E-state index is 0.157. The molecule has 1 nitrogen and oxygen atoms in total. The van der Waals surface area contributed by atoms with E-state index in [2.05, 4.69) is 26.1 Å². The molecule has 0 radical (unpaired) electrons. The van der Waals surface area contributed by atoms with Crippen molar-refractivity contribution in [2.45, 2.75) is 33.7 Å². The molecule has 1 aromatic rings. The van der Waals surface area contributed by atoms with E-state index < -0.39 is 0 Å². The highest BCUT2D eigenvalue weighted by atomic mass is 19.1. The average Bonchev–Trinajstić information content (AvgIpc) is 2.15. The molecule has 0 fully saturated rings. The van der Waals surface area contributed by atoms with Gasteiger partial charge in [0.25, 0.3) is 0 Å². The summed E-state index contributed by atoms with van der Waals surface area (Å²) in [4.78, 5) is 0. The summed E-state index contributed by atoms with van der Waals surface area (Å²) in [6, 6.07) is 5.34. The van der Waals surface area contributed by atoms with Gasteiger partial charge >= 0.3 is 0 Å². The Balaban J connectivity index is 3.00. The van der Waals surface area contributed by atoms with E-state index in [1.54, 1.807) is 6.07 Å². The lowest BCUT2D eigenvalue weighted by Gasteiger charge is -2.24. The number of nitrogens with one attached hydrogen (secondary N) is 1. The fraction of sp³-hybridized carbons (Fsp3) is 0.538. The highest BCUT2D eigenvalue weighted by Crippen LogP contribution is 2.24. The molecule has 1 atom stereocenters. The summed E-state index contributed by atoms with van der Waals surface area (Å²) in [5.41, 5.74) is 2.22. The third-order valence-electron chi connectivity index (χ3n) is 2.66. The Hall–Kier alpha value is -0.890. The topological polar surface area (TPSA) is 12.0 Å². The van der Waals surface area contributed by atoms with Crippen molar-refractivity contribution >= 4 is 0 Å². The van der Waals surface area contributed by atoms with Crippen LogP contribution in [0.2, 0.25) is 0 Å². The van der Waals surface area contributed by atoms with Crippen molar-refractivity contribution in [1.29, 1.82) is 0 Å². The van der Waals surface area contributed by atoms with E-state index in [0.29, 0.717) is 12.0 Å².